The summed E-state index contributed by atoms with van der Waals surface area (Å²) in [6.07, 6.45) is -4.76. The van der Waals surface area contributed by atoms with Gasteiger partial charge in [-0.2, -0.15) is 0 Å². The minimum Gasteiger partial charge on any atom is -0.405 e. The van der Waals surface area contributed by atoms with Gasteiger partial charge in [0.1, 0.15) is 5.75 Å². The van der Waals surface area contributed by atoms with E-state index in [-0.39, 0.29) is 60.2 Å². The van der Waals surface area contributed by atoms with E-state index in [1.165, 1.54) is 25.2 Å². The molecule has 0 aliphatic carbocycles. The van der Waals surface area contributed by atoms with Crippen molar-refractivity contribution < 1.29 is 22.7 Å². The van der Waals surface area contributed by atoms with E-state index in [0.717, 1.165) is 0 Å². The lowest BCUT2D eigenvalue weighted by atomic mass is 10.1. The standard InChI is InChI=1S/C16H23F3N4O2.HI/c1-15(2,3)23-13(24)10-22-14(20-4)21-9-11-7-5-6-8-12(11)25-16(17,18)19;/h5-8H,9-10H2,1-4H3,(H,23,24)(H2,20,21,22);1H. The quantitative estimate of drug-likeness (QED) is 0.339. The normalized spacial score (nSPS) is 12.0. The van der Waals surface area contributed by atoms with Crippen molar-refractivity contribution in [2.75, 3.05) is 13.6 Å². The summed E-state index contributed by atoms with van der Waals surface area (Å²) >= 11 is 0. The molecule has 0 atom stereocenters. The summed E-state index contributed by atoms with van der Waals surface area (Å²) in [5, 5.41) is 8.41. The molecule has 0 aliphatic rings. The van der Waals surface area contributed by atoms with Crippen LogP contribution in [0.4, 0.5) is 13.2 Å². The van der Waals surface area contributed by atoms with Gasteiger partial charge >= 0.3 is 6.36 Å². The molecule has 26 heavy (non-hydrogen) atoms. The number of nitrogens with one attached hydrogen (secondary N) is 3. The van der Waals surface area contributed by atoms with Gasteiger partial charge in [0, 0.05) is 24.7 Å². The predicted octanol–water partition coefficient (Wildman–Crippen LogP) is 2.78. The Morgan fingerprint density at radius 2 is 1.77 bits per heavy atom. The first-order valence-corrected chi connectivity index (χ1v) is 7.59. The number of para-hydroxylation sites is 1. The largest absolute Gasteiger partial charge is 0.573 e. The van der Waals surface area contributed by atoms with Crippen molar-refractivity contribution in [3.05, 3.63) is 29.8 Å². The molecule has 0 bridgehead atoms. The van der Waals surface area contributed by atoms with Gasteiger partial charge in [-0.05, 0) is 26.8 Å². The zero-order chi connectivity index (χ0) is 19.1. The number of halogens is 4. The zero-order valence-electron chi connectivity index (χ0n) is 15.0. The maximum atomic E-state index is 12.4. The summed E-state index contributed by atoms with van der Waals surface area (Å²) in [5.74, 6) is -0.231. The summed E-state index contributed by atoms with van der Waals surface area (Å²) in [7, 11) is 1.50. The number of rotatable bonds is 5. The number of carbonyl (C=O) groups is 1. The molecule has 1 amide bonds. The van der Waals surface area contributed by atoms with Crippen LogP contribution in [0.5, 0.6) is 5.75 Å². The average Bonchev–Trinajstić information content (AvgIpc) is 2.45. The first kappa shape index (κ1) is 24.3. The Bertz CT molecular complexity index is 616. The van der Waals surface area contributed by atoms with Gasteiger partial charge in [-0.15, -0.1) is 37.1 Å². The van der Waals surface area contributed by atoms with Gasteiger partial charge in [-0.25, -0.2) is 0 Å². The van der Waals surface area contributed by atoms with Gasteiger partial charge in [-0.3, -0.25) is 9.79 Å². The SMILES string of the molecule is CN=C(NCC(=O)NC(C)(C)C)NCc1ccccc1OC(F)(F)F.I. The molecule has 148 valence electrons. The summed E-state index contributed by atoms with van der Waals surface area (Å²) < 4.78 is 41.2. The number of alkyl halides is 3. The molecular weight excluding hydrogens is 464 g/mol. The van der Waals surface area contributed by atoms with Gasteiger partial charge in [0.15, 0.2) is 5.96 Å². The van der Waals surface area contributed by atoms with E-state index in [1.807, 2.05) is 20.8 Å². The van der Waals surface area contributed by atoms with Crippen LogP contribution >= 0.6 is 24.0 Å². The lowest BCUT2D eigenvalue weighted by molar-refractivity contribution is -0.274. The second-order valence-corrected chi connectivity index (χ2v) is 6.23. The molecule has 0 unspecified atom stereocenters. The monoisotopic (exact) mass is 488 g/mol. The summed E-state index contributed by atoms with van der Waals surface area (Å²) in [5.41, 5.74) is -0.0502. The van der Waals surface area contributed by atoms with Crippen LogP contribution in [0, 0.1) is 0 Å². The highest BCUT2D eigenvalue weighted by Crippen LogP contribution is 2.25. The zero-order valence-corrected chi connectivity index (χ0v) is 17.4. The van der Waals surface area contributed by atoms with E-state index in [4.69, 9.17) is 0 Å². The van der Waals surface area contributed by atoms with Crippen molar-refractivity contribution in [2.45, 2.75) is 39.2 Å². The minimum atomic E-state index is -4.76. The molecule has 1 aromatic carbocycles. The maximum Gasteiger partial charge on any atom is 0.573 e. The molecule has 0 saturated carbocycles. The van der Waals surface area contributed by atoms with Crippen LogP contribution < -0.4 is 20.7 Å². The average molecular weight is 488 g/mol. The number of hydrogen-bond acceptors (Lipinski definition) is 3. The van der Waals surface area contributed by atoms with Crippen LogP contribution in [0.1, 0.15) is 26.3 Å². The predicted molar refractivity (Wildman–Crippen MR) is 105 cm³/mol. The topological polar surface area (TPSA) is 74.8 Å². The molecule has 0 spiro atoms. The van der Waals surface area contributed by atoms with Gasteiger partial charge in [-0.1, -0.05) is 18.2 Å². The lowest BCUT2D eigenvalue weighted by Gasteiger charge is -2.21. The molecule has 3 N–H and O–H groups in total. The van der Waals surface area contributed by atoms with Gasteiger partial charge in [0.2, 0.25) is 5.91 Å². The number of carbonyl (C=O) groups excluding carboxylic acids is 1. The van der Waals surface area contributed by atoms with E-state index in [9.17, 15) is 18.0 Å². The Hall–Kier alpha value is -1.72. The van der Waals surface area contributed by atoms with E-state index in [0.29, 0.717) is 5.56 Å². The van der Waals surface area contributed by atoms with E-state index >= 15 is 0 Å². The van der Waals surface area contributed by atoms with Crippen molar-refractivity contribution in [3.8, 4) is 5.75 Å². The minimum absolute atomic E-state index is 0. The Morgan fingerprint density at radius 3 is 2.31 bits per heavy atom. The second-order valence-electron chi connectivity index (χ2n) is 6.23. The van der Waals surface area contributed by atoms with E-state index < -0.39 is 6.36 Å². The van der Waals surface area contributed by atoms with Crippen LogP contribution in [0.2, 0.25) is 0 Å². The third kappa shape index (κ3) is 10.3. The van der Waals surface area contributed by atoms with Gasteiger partial charge < -0.3 is 20.7 Å². The molecule has 0 radical (unpaired) electrons. The van der Waals surface area contributed by atoms with Crippen LogP contribution in [0.15, 0.2) is 29.3 Å². The number of ether oxygens (including phenoxy) is 1. The number of guanidine groups is 1. The Kier molecular flexibility index (Phi) is 9.74. The molecule has 0 aliphatic heterocycles. The molecule has 1 aromatic rings. The maximum absolute atomic E-state index is 12.4. The fraction of sp³-hybridized carbons (Fsp3) is 0.500. The highest BCUT2D eigenvalue weighted by atomic mass is 127. The van der Waals surface area contributed by atoms with Crippen molar-refractivity contribution in [2.24, 2.45) is 4.99 Å². The number of aliphatic imine (C=N–C) groups is 1. The highest BCUT2D eigenvalue weighted by molar-refractivity contribution is 14.0. The van der Waals surface area contributed by atoms with E-state index in [1.54, 1.807) is 6.07 Å². The van der Waals surface area contributed by atoms with Gasteiger partial charge in [0.05, 0.1) is 6.54 Å². The highest BCUT2D eigenvalue weighted by Gasteiger charge is 2.31. The molecule has 10 heteroatoms. The lowest BCUT2D eigenvalue weighted by Crippen LogP contribution is -2.48. The number of hydrogen-bond donors (Lipinski definition) is 3. The summed E-state index contributed by atoms with van der Waals surface area (Å²) in [4.78, 5) is 15.7. The number of benzene rings is 1. The molecule has 0 saturated heterocycles. The third-order valence-electron chi connectivity index (χ3n) is 2.80. The summed E-state index contributed by atoms with van der Waals surface area (Å²) in [6, 6.07) is 5.80. The second kappa shape index (κ2) is 10.4. The molecule has 0 heterocycles. The van der Waals surface area contributed by atoms with Crippen molar-refractivity contribution in [1.82, 2.24) is 16.0 Å². The molecular formula is C16H24F3IN4O2. The first-order chi connectivity index (χ1) is 11.5. The summed E-state index contributed by atoms with van der Waals surface area (Å²) in [6.45, 7) is 5.60. The Labute approximate surface area is 168 Å². The molecule has 1 rings (SSSR count). The van der Waals surface area contributed by atoms with Gasteiger partial charge in [0.25, 0.3) is 0 Å². The Balaban J connectivity index is 0.00000625. The molecule has 6 nitrogen and oxygen atoms in total. The smallest absolute Gasteiger partial charge is 0.405 e. The van der Waals surface area contributed by atoms with Crippen LogP contribution in [-0.4, -0.2) is 37.4 Å². The van der Waals surface area contributed by atoms with Crippen LogP contribution in [0.3, 0.4) is 0 Å². The van der Waals surface area contributed by atoms with Crippen molar-refractivity contribution in [1.29, 1.82) is 0 Å². The first-order valence-electron chi connectivity index (χ1n) is 7.59. The fourth-order valence-electron chi connectivity index (χ4n) is 1.90. The number of amides is 1. The van der Waals surface area contributed by atoms with Crippen LogP contribution in [0.25, 0.3) is 0 Å². The molecule has 0 fully saturated rings. The fourth-order valence-corrected chi connectivity index (χ4v) is 1.90. The van der Waals surface area contributed by atoms with Crippen LogP contribution in [-0.2, 0) is 11.3 Å². The molecule has 0 aromatic heterocycles. The van der Waals surface area contributed by atoms with Crippen molar-refractivity contribution >= 4 is 35.8 Å². The van der Waals surface area contributed by atoms with Crippen molar-refractivity contribution in [3.63, 3.8) is 0 Å². The third-order valence-corrected chi connectivity index (χ3v) is 2.80. The Morgan fingerprint density at radius 1 is 1.15 bits per heavy atom. The van der Waals surface area contributed by atoms with E-state index in [2.05, 4.69) is 25.7 Å². The number of nitrogens with zero attached hydrogens (tertiary/aromatic N) is 1.